The Morgan fingerprint density at radius 1 is 1.33 bits per heavy atom. The fraction of sp³-hybridized carbons (Fsp3) is 0.500. The summed E-state index contributed by atoms with van der Waals surface area (Å²) in [5.74, 6) is 2.38. The van der Waals surface area contributed by atoms with Gasteiger partial charge in [0, 0.05) is 32.3 Å². The van der Waals surface area contributed by atoms with Crippen LogP contribution in [-0.4, -0.2) is 41.0 Å². The van der Waals surface area contributed by atoms with Gasteiger partial charge in [0.2, 0.25) is 0 Å². The fourth-order valence-corrected chi connectivity index (χ4v) is 2.72. The summed E-state index contributed by atoms with van der Waals surface area (Å²) in [4.78, 5) is 4.65. The Bertz CT molecular complexity index is 736. The molecule has 27 heavy (non-hydrogen) atoms. The van der Waals surface area contributed by atoms with E-state index in [2.05, 4.69) is 32.7 Å². The second-order valence-corrected chi connectivity index (χ2v) is 6.46. The Morgan fingerprint density at radius 2 is 2.07 bits per heavy atom. The van der Waals surface area contributed by atoms with E-state index in [-0.39, 0.29) is 30.0 Å². The maximum Gasteiger partial charge on any atom is 0.192 e. The molecule has 150 valence electrons. The van der Waals surface area contributed by atoms with E-state index < -0.39 is 0 Å². The molecule has 1 unspecified atom stereocenters. The molecule has 9 heteroatoms. The maximum absolute atomic E-state index is 6.31. The molecule has 0 saturated heterocycles. The molecule has 0 aliphatic heterocycles. The third kappa shape index (κ3) is 7.27. The van der Waals surface area contributed by atoms with E-state index in [1.54, 1.807) is 7.11 Å². The summed E-state index contributed by atoms with van der Waals surface area (Å²) >= 11 is 6.31. The van der Waals surface area contributed by atoms with Crippen LogP contribution in [0.2, 0.25) is 5.02 Å². The summed E-state index contributed by atoms with van der Waals surface area (Å²) in [7, 11) is 3.63. The lowest BCUT2D eigenvalue weighted by Gasteiger charge is -2.19. The smallest absolute Gasteiger partial charge is 0.192 e. The molecule has 1 heterocycles. The summed E-state index contributed by atoms with van der Waals surface area (Å²) in [6.45, 7) is 5.86. The van der Waals surface area contributed by atoms with Gasteiger partial charge in [-0.3, -0.25) is 0 Å². The highest BCUT2D eigenvalue weighted by molar-refractivity contribution is 14.0. The number of aromatic nitrogens is 3. The number of guanidine groups is 1. The summed E-state index contributed by atoms with van der Waals surface area (Å²) in [5, 5.41) is 15.7. The molecule has 0 fully saturated rings. The molecule has 0 radical (unpaired) electrons. The molecule has 1 aromatic heterocycles. The van der Waals surface area contributed by atoms with Gasteiger partial charge in [0.25, 0.3) is 0 Å². The molecular weight excluding hydrogens is 479 g/mol. The number of ether oxygens (including phenoxy) is 1. The van der Waals surface area contributed by atoms with Crippen molar-refractivity contribution in [2.24, 2.45) is 12.0 Å². The van der Waals surface area contributed by atoms with Crippen LogP contribution in [-0.2, 0) is 18.3 Å². The summed E-state index contributed by atoms with van der Waals surface area (Å²) in [6.07, 6.45) is 0.890. The van der Waals surface area contributed by atoms with E-state index in [0.29, 0.717) is 19.1 Å². The first kappa shape index (κ1) is 23.6. The Balaban J connectivity index is 0.00000364. The van der Waals surface area contributed by atoms with Crippen molar-refractivity contribution in [2.45, 2.75) is 32.9 Å². The largest absolute Gasteiger partial charge is 0.385 e. The van der Waals surface area contributed by atoms with Crippen LogP contribution in [0.5, 0.6) is 0 Å². The second-order valence-electron chi connectivity index (χ2n) is 6.05. The predicted octanol–water partition coefficient (Wildman–Crippen LogP) is 3.23. The Hall–Kier alpha value is -1.39. The average molecular weight is 507 g/mol. The minimum Gasteiger partial charge on any atom is -0.385 e. The molecule has 0 aliphatic carbocycles. The van der Waals surface area contributed by atoms with Gasteiger partial charge in [0.1, 0.15) is 12.4 Å². The third-order valence-electron chi connectivity index (χ3n) is 4.10. The number of nitrogens with one attached hydrogen (secondary N) is 2. The van der Waals surface area contributed by atoms with Gasteiger partial charge < -0.3 is 19.9 Å². The van der Waals surface area contributed by atoms with Crippen LogP contribution in [0.4, 0.5) is 0 Å². The van der Waals surface area contributed by atoms with E-state index in [1.807, 2.05) is 42.8 Å². The zero-order chi connectivity index (χ0) is 18.9. The third-order valence-corrected chi connectivity index (χ3v) is 4.45. The van der Waals surface area contributed by atoms with E-state index >= 15 is 0 Å². The molecule has 0 aliphatic rings. The number of methoxy groups -OCH3 is 1. The molecule has 2 N–H and O–H groups in total. The van der Waals surface area contributed by atoms with Gasteiger partial charge in [-0.05, 0) is 31.9 Å². The fourth-order valence-electron chi connectivity index (χ4n) is 2.42. The minimum atomic E-state index is 0. The number of halogens is 2. The topological polar surface area (TPSA) is 76.4 Å². The predicted molar refractivity (Wildman–Crippen MR) is 120 cm³/mol. The highest BCUT2D eigenvalue weighted by atomic mass is 127. The minimum absolute atomic E-state index is 0. The summed E-state index contributed by atoms with van der Waals surface area (Å²) in [5.41, 5.74) is 1.02. The van der Waals surface area contributed by atoms with E-state index in [4.69, 9.17) is 16.3 Å². The van der Waals surface area contributed by atoms with E-state index in [9.17, 15) is 0 Å². The number of nitrogens with zero attached hydrogens (tertiary/aromatic N) is 4. The first-order valence-electron chi connectivity index (χ1n) is 8.66. The normalized spacial score (nSPS) is 12.4. The molecule has 0 spiro atoms. The van der Waals surface area contributed by atoms with Crippen molar-refractivity contribution in [1.29, 1.82) is 0 Å². The van der Waals surface area contributed by atoms with Crippen molar-refractivity contribution in [1.82, 2.24) is 25.4 Å². The number of hydrogen-bond donors (Lipinski definition) is 2. The molecule has 2 aromatic rings. The Morgan fingerprint density at radius 3 is 2.70 bits per heavy atom. The molecule has 0 amide bonds. The van der Waals surface area contributed by atoms with Gasteiger partial charge in [0.05, 0.1) is 6.04 Å². The first-order chi connectivity index (χ1) is 12.5. The van der Waals surface area contributed by atoms with Gasteiger partial charge in [-0.2, -0.15) is 0 Å². The van der Waals surface area contributed by atoms with Crippen molar-refractivity contribution >= 4 is 41.5 Å². The first-order valence-corrected chi connectivity index (χ1v) is 9.03. The van der Waals surface area contributed by atoms with Gasteiger partial charge in [0.15, 0.2) is 11.8 Å². The zero-order valence-corrected chi connectivity index (χ0v) is 19.3. The monoisotopic (exact) mass is 506 g/mol. The molecule has 0 saturated carbocycles. The standard InChI is InChI=1S/C18H27ClN6O.HI/c1-13(15-8-5-6-9-16(15)19)22-18(20-10-7-11-26-4)21-12-17-24-23-14(2)25(17)3;/h5-6,8-9,13H,7,10-12H2,1-4H3,(H2,20,21,22);1H. The van der Waals surface area contributed by atoms with Crippen LogP contribution in [0.15, 0.2) is 29.3 Å². The van der Waals surface area contributed by atoms with Crippen molar-refractivity contribution in [3.05, 3.63) is 46.5 Å². The lowest BCUT2D eigenvalue weighted by Crippen LogP contribution is -2.39. The molecule has 1 atom stereocenters. The van der Waals surface area contributed by atoms with Crippen LogP contribution < -0.4 is 10.6 Å². The molecular formula is C18H28ClIN6O. The summed E-state index contributed by atoms with van der Waals surface area (Å²) in [6, 6.07) is 7.81. The van der Waals surface area contributed by atoms with E-state index in [0.717, 1.165) is 35.2 Å². The van der Waals surface area contributed by atoms with Gasteiger partial charge >= 0.3 is 0 Å². The van der Waals surface area contributed by atoms with Gasteiger partial charge in [-0.15, -0.1) is 34.2 Å². The quantitative estimate of drug-likeness (QED) is 0.249. The number of aryl methyl sites for hydroxylation is 1. The van der Waals surface area contributed by atoms with Gasteiger partial charge in [-0.25, -0.2) is 4.99 Å². The second kappa shape index (κ2) is 12.1. The van der Waals surface area contributed by atoms with Crippen molar-refractivity contribution in [3.8, 4) is 0 Å². The number of hydrogen-bond acceptors (Lipinski definition) is 4. The highest BCUT2D eigenvalue weighted by Gasteiger charge is 2.12. The molecule has 1 aromatic carbocycles. The van der Waals surface area contributed by atoms with Crippen LogP contribution in [0.25, 0.3) is 0 Å². The number of benzene rings is 1. The van der Waals surface area contributed by atoms with Crippen LogP contribution in [0, 0.1) is 6.92 Å². The summed E-state index contributed by atoms with van der Waals surface area (Å²) < 4.78 is 7.03. The van der Waals surface area contributed by atoms with Crippen molar-refractivity contribution in [2.75, 3.05) is 20.3 Å². The van der Waals surface area contributed by atoms with Gasteiger partial charge in [-0.1, -0.05) is 29.8 Å². The lowest BCUT2D eigenvalue weighted by atomic mass is 10.1. The molecule has 2 rings (SSSR count). The van der Waals surface area contributed by atoms with Crippen molar-refractivity contribution < 1.29 is 4.74 Å². The highest BCUT2D eigenvalue weighted by Crippen LogP contribution is 2.21. The van der Waals surface area contributed by atoms with Crippen LogP contribution in [0.1, 0.15) is 36.6 Å². The Labute approximate surface area is 183 Å². The Kier molecular flexibility index (Phi) is 10.6. The average Bonchev–Trinajstić information content (AvgIpc) is 2.95. The number of rotatable bonds is 8. The number of aliphatic imine (C=N–C) groups is 1. The molecule has 0 bridgehead atoms. The van der Waals surface area contributed by atoms with Crippen LogP contribution in [0.3, 0.4) is 0 Å². The molecule has 7 nitrogen and oxygen atoms in total. The lowest BCUT2D eigenvalue weighted by molar-refractivity contribution is 0.195. The SMILES string of the molecule is COCCCNC(=NCc1nnc(C)n1C)NC(C)c1ccccc1Cl.I. The van der Waals surface area contributed by atoms with E-state index in [1.165, 1.54) is 0 Å². The van der Waals surface area contributed by atoms with Crippen molar-refractivity contribution in [3.63, 3.8) is 0 Å². The maximum atomic E-state index is 6.31. The zero-order valence-electron chi connectivity index (χ0n) is 16.2. The van der Waals surface area contributed by atoms with Crippen LogP contribution >= 0.6 is 35.6 Å².